The van der Waals surface area contributed by atoms with E-state index in [0.29, 0.717) is 19.6 Å². The van der Waals surface area contributed by atoms with Crippen molar-refractivity contribution in [3.63, 3.8) is 0 Å². The van der Waals surface area contributed by atoms with Crippen molar-refractivity contribution in [1.29, 1.82) is 0 Å². The number of hydrogen-bond acceptors (Lipinski definition) is 4. The van der Waals surface area contributed by atoms with E-state index in [1.165, 1.54) is 10.6 Å². The van der Waals surface area contributed by atoms with Gasteiger partial charge in [-0.05, 0) is 22.0 Å². The fourth-order valence-corrected chi connectivity index (χ4v) is 2.61. The lowest BCUT2D eigenvalue weighted by molar-refractivity contribution is -0.133. The summed E-state index contributed by atoms with van der Waals surface area (Å²) in [6.45, 7) is 3.66. The highest BCUT2D eigenvalue weighted by Gasteiger charge is 2.20. The zero-order valence-corrected chi connectivity index (χ0v) is 12.8. The highest BCUT2D eigenvalue weighted by atomic mass is 79.9. The molecule has 0 aliphatic carbocycles. The summed E-state index contributed by atoms with van der Waals surface area (Å²) in [4.78, 5) is 27.7. The lowest BCUT2D eigenvalue weighted by atomic mass is 10.3. The van der Waals surface area contributed by atoms with Crippen LogP contribution in [-0.4, -0.2) is 64.7 Å². The summed E-state index contributed by atoms with van der Waals surface area (Å²) in [7, 11) is 0. The first kappa shape index (κ1) is 15.2. The van der Waals surface area contributed by atoms with Crippen molar-refractivity contribution in [2.24, 2.45) is 0 Å². The van der Waals surface area contributed by atoms with Crippen LogP contribution in [0.25, 0.3) is 0 Å². The SMILES string of the molecule is O=C(Cn1cc(Br)ccc1=O)N1CCN(CCO)CC1. The summed E-state index contributed by atoms with van der Waals surface area (Å²) in [6.07, 6.45) is 1.63. The number of amides is 1. The van der Waals surface area contributed by atoms with Crippen LogP contribution in [0.2, 0.25) is 0 Å². The molecule has 0 atom stereocenters. The van der Waals surface area contributed by atoms with Crippen molar-refractivity contribution in [3.8, 4) is 0 Å². The minimum Gasteiger partial charge on any atom is -0.395 e. The molecule has 1 N–H and O–H groups in total. The molecular weight excluding hydrogens is 326 g/mol. The van der Waals surface area contributed by atoms with Gasteiger partial charge in [0.2, 0.25) is 5.91 Å². The Hall–Kier alpha value is -1.18. The van der Waals surface area contributed by atoms with Crippen LogP contribution in [0, 0.1) is 0 Å². The maximum Gasteiger partial charge on any atom is 0.251 e. The molecule has 20 heavy (non-hydrogen) atoms. The normalized spacial score (nSPS) is 16.4. The first-order chi connectivity index (χ1) is 9.60. The fraction of sp³-hybridized carbons (Fsp3) is 0.538. The number of nitrogens with zero attached hydrogens (tertiary/aromatic N) is 3. The Morgan fingerprint density at radius 1 is 1.25 bits per heavy atom. The monoisotopic (exact) mass is 343 g/mol. The van der Waals surface area contributed by atoms with Gasteiger partial charge in [-0.1, -0.05) is 0 Å². The predicted octanol–water partition coefficient (Wildman–Crippen LogP) is -0.253. The number of hydrogen-bond donors (Lipinski definition) is 1. The van der Waals surface area contributed by atoms with Gasteiger partial charge in [-0.2, -0.15) is 0 Å². The highest BCUT2D eigenvalue weighted by molar-refractivity contribution is 9.10. The van der Waals surface area contributed by atoms with E-state index in [4.69, 9.17) is 5.11 Å². The lowest BCUT2D eigenvalue weighted by Gasteiger charge is -2.34. The number of piperazine rings is 1. The maximum absolute atomic E-state index is 12.2. The quantitative estimate of drug-likeness (QED) is 0.818. The minimum atomic E-state index is -0.180. The molecule has 1 saturated heterocycles. The van der Waals surface area contributed by atoms with E-state index in [2.05, 4.69) is 20.8 Å². The molecule has 2 rings (SSSR count). The van der Waals surface area contributed by atoms with Crippen LogP contribution >= 0.6 is 15.9 Å². The van der Waals surface area contributed by atoms with Gasteiger partial charge < -0.3 is 14.6 Å². The van der Waals surface area contributed by atoms with Crippen molar-refractivity contribution in [3.05, 3.63) is 33.2 Å². The summed E-state index contributed by atoms with van der Waals surface area (Å²) < 4.78 is 2.18. The molecule has 0 spiro atoms. The number of carbonyl (C=O) groups is 1. The van der Waals surface area contributed by atoms with Crippen LogP contribution in [0.5, 0.6) is 0 Å². The third-order valence-corrected chi connectivity index (χ3v) is 3.86. The Balaban J connectivity index is 1.93. The maximum atomic E-state index is 12.2. The Bertz CT molecular complexity index is 524. The lowest BCUT2D eigenvalue weighted by Crippen LogP contribution is -2.50. The van der Waals surface area contributed by atoms with Crippen molar-refractivity contribution in [2.45, 2.75) is 6.54 Å². The fourth-order valence-electron chi connectivity index (χ4n) is 2.23. The zero-order chi connectivity index (χ0) is 14.5. The van der Waals surface area contributed by atoms with Crippen molar-refractivity contribution < 1.29 is 9.90 Å². The largest absolute Gasteiger partial charge is 0.395 e. The topological polar surface area (TPSA) is 65.8 Å². The van der Waals surface area contributed by atoms with E-state index >= 15 is 0 Å². The molecule has 2 heterocycles. The molecule has 6 nitrogen and oxygen atoms in total. The molecule has 0 bridgehead atoms. The number of aliphatic hydroxyl groups excluding tert-OH is 1. The molecule has 110 valence electrons. The first-order valence-electron chi connectivity index (χ1n) is 6.57. The zero-order valence-electron chi connectivity index (χ0n) is 11.2. The number of aromatic nitrogens is 1. The van der Waals surface area contributed by atoms with E-state index in [0.717, 1.165) is 17.6 Å². The Morgan fingerprint density at radius 3 is 2.60 bits per heavy atom. The van der Waals surface area contributed by atoms with Gasteiger partial charge in [-0.15, -0.1) is 0 Å². The van der Waals surface area contributed by atoms with Crippen LogP contribution in [0.1, 0.15) is 0 Å². The molecule has 1 aromatic heterocycles. The summed E-state index contributed by atoms with van der Waals surface area (Å²) in [6, 6.07) is 3.10. The molecule has 1 fully saturated rings. The Morgan fingerprint density at radius 2 is 1.95 bits per heavy atom. The molecule has 7 heteroatoms. The van der Waals surface area contributed by atoms with E-state index in [1.807, 2.05) is 0 Å². The van der Waals surface area contributed by atoms with Gasteiger partial charge in [0.05, 0.1) is 6.61 Å². The number of aliphatic hydroxyl groups is 1. The molecule has 1 aromatic rings. The van der Waals surface area contributed by atoms with Gasteiger partial charge in [0.15, 0.2) is 0 Å². The van der Waals surface area contributed by atoms with Gasteiger partial charge in [-0.25, -0.2) is 0 Å². The summed E-state index contributed by atoms with van der Waals surface area (Å²) in [5, 5.41) is 8.88. The smallest absolute Gasteiger partial charge is 0.251 e. The van der Waals surface area contributed by atoms with Gasteiger partial charge in [0.25, 0.3) is 5.56 Å². The third-order valence-electron chi connectivity index (χ3n) is 3.39. The summed E-state index contributed by atoms with van der Waals surface area (Å²) >= 11 is 3.29. The van der Waals surface area contributed by atoms with Crippen LogP contribution < -0.4 is 5.56 Å². The summed E-state index contributed by atoms with van der Waals surface area (Å²) in [5.41, 5.74) is -0.180. The second kappa shape index (κ2) is 7.01. The molecule has 1 aliphatic rings. The van der Waals surface area contributed by atoms with Gasteiger partial charge in [0.1, 0.15) is 6.54 Å². The second-order valence-electron chi connectivity index (χ2n) is 4.76. The minimum absolute atomic E-state index is 0.0474. The highest BCUT2D eigenvalue weighted by Crippen LogP contribution is 2.06. The molecule has 1 amide bonds. The number of rotatable bonds is 4. The van der Waals surface area contributed by atoms with E-state index in [1.54, 1.807) is 17.2 Å². The van der Waals surface area contributed by atoms with Crippen LogP contribution in [-0.2, 0) is 11.3 Å². The van der Waals surface area contributed by atoms with Crippen molar-refractivity contribution in [1.82, 2.24) is 14.4 Å². The first-order valence-corrected chi connectivity index (χ1v) is 7.36. The van der Waals surface area contributed by atoms with Crippen LogP contribution in [0.4, 0.5) is 0 Å². The average Bonchev–Trinajstić information content (AvgIpc) is 2.44. The molecular formula is C13H18BrN3O3. The third kappa shape index (κ3) is 3.91. The molecule has 1 aliphatic heterocycles. The average molecular weight is 344 g/mol. The second-order valence-corrected chi connectivity index (χ2v) is 5.68. The number of carbonyl (C=O) groups excluding carboxylic acids is 1. The standard InChI is InChI=1S/C13H18BrN3O3/c14-11-1-2-12(19)17(9-11)10-13(20)16-5-3-15(4-6-16)7-8-18/h1-2,9,18H,3-8,10H2. The molecule has 0 radical (unpaired) electrons. The van der Waals surface area contributed by atoms with Crippen LogP contribution in [0.15, 0.2) is 27.6 Å². The van der Waals surface area contributed by atoms with Gasteiger partial charge >= 0.3 is 0 Å². The number of halogens is 1. The van der Waals surface area contributed by atoms with E-state index in [-0.39, 0.29) is 24.6 Å². The van der Waals surface area contributed by atoms with Crippen molar-refractivity contribution in [2.75, 3.05) is 39.3 Å². The van der Waals surface area contributed by atoms with E-state index in [9.17, 15) is 9.59 Å². The van der Waals surface area contributed by atoms with Gasteiger partial charge in [-0.3, -0.25) is 14.5 Å². The van der Waals surface area contributed by atoms with Gasteiger partial charge in [0, 0.05) is 49.5 Å². The van der Waals surface area contributed by atoms with Crippen molar-refractivity contribution >= 4 is 21.8 Å². The molecule has 0 unspecified atom stereocenters. The summed E-state index contributed by atoms with van der Waals surface area (Å²) in [5.74, 6) is -0.0474. The Labute approximate surface area is 125 Å². The molecule has 0 saturated carbocycles. The number of β-amino-alcohol motifs (C(OH)–C–C–N with tert-alkyl or cyclic N) is 1. The van der Waals surface area contributed by atoms with Crippen LogP contribution in [0.3, 0.4) is 0 Å². The Kier molecular flexibility index (Phi) is 5.33. The molecule has 0 aromatic carbocycles. The predicted molar refractivity (Wildman–Crippen MR) is 78.5 cm³/mol. The number of pyridine rings is 1. The van der Waals surface area contributed by atoms with E-state index < -0.39 is 0 Å².